The lowest BCUT2D eigenvalue weighted by Crippen LogP contribution is -2.48. The quantitative estimate of drug-likeness (QED) is 0.546. The molecule has 1 spiro atoms. The molecule has 0 atom stereocenters. The van der Waals surface area contributed by atoms with Crippen LogP contribution in [0.25, 0.3) is 11.3 Å². The molecule has 8 heteroatoms. The van der Waals surface area contributed by atoms with Crippen LogP contribution in [0.2, 0.25) is 5.02 Å². The Morgan fingerprint density at radius 2 is 1.79 bits per heavy atom. The molecule has 5 rings (SSSR count). The van der Waals surface area contributed by atoms with Gasteiger partial charge in [0.2, 0.25) is 0 Å². The van der Waals surface area contributed by atoms with E-state index in [-0.39, 0.29) is 12.0 Å². The molecule has 0 bridgehead atoms. The molecule has 0 saturated carbocycles. The lowest BCUT2D eigenvalue weighted by Gasteiger charge is -2.37. The van der Waals surface area contributed by atoms with Crippen molar-refractivity contribution in [1.82, 2.24) is 15.0 Å². The first-order valence-corrected chi connectivity index (χ1v) is 11.4. The van der Waals surface area contributed by atoms with Gasteiger partial charge < -0.3 is 14.2 Å². The van der Waals surface area contributed by atoms with E-state index in [1.54, 1.807) is 22.8 Å². The summed E-state index contributed by atoms with van der Waals surface area (Å²) in [5.74, 6) is 0.306. The van der Waals surface area contributed by atoms with Gasteiger partial charge in [-0.05, 0) is 18.6 Å². The van der Waals surface area contributed by atoms with Crippen LogP contribution in [0.3, 0.4) is 0 Å². The predicted molar refractivity (Wildman–Crippen MR) is 123 cm³/mol. The number of rotatable bonds is 4. The van der Waals surface area contributed by atoms with E-state index in [1.807, 2.05) is 48.5 Å². The van der Waals surface area contributed by atoms with Gasteiger partial charge in [-0.2, -0.15) is 0 Å². The minimum absolute atomic E-state index is 0.149. The van der Waals surface area contributed by atoms with Gasteiger partial charge in [-0.3, -0.25) is 9.69 Å². The van der Waals surface area contributed by atoms with Crippen LogP contribution in [0, 0.1) is 6.92 Å². The number of carbonyl (C=O) groups is 2. The number of aromatic nitrogens is 1. The van der Waals surface area contributed by atoms with Gasteiger partial charge in [-0.1, -0.05) is 65.3 Å². The van der Waals surface area contributed by atoms with Crippen molar-refractivity contribution in [2.75, 3.05) is 19.6 Å². The molecule has 2 saturated heterocycles. The number of ether oxygens (including phenoxy) is 1. The fraction of sp³-hybridized carbons (Fsp3) is 0.320. The zero-order valence-corrected chi connectivity index (χ0v) is 19.0. The number of piperidine rings is 1. The van der Waals surface area contributed by atoms with Crippen LogP contribution >= 0.6 is 11.6 Å². The van der Waals surface area contributed by atoms with Crippen molar-refractivity contribution >= 4 is 23.6 Å². The summed E-state index contributed by atoms with van der Waals surface area (Å²) in [7, 11) is 0. The maximum absolute atomic E-state index is 13.4. The highest BCUT2D eigenvalue weighted by Gasteiger charge is 2.47. The van der Waals surface area contributed by atoms with E-state index in [2.05, 4.69) is 5.16 Å². The highest BCUT2D eigenvalue weighted by Crippen LogP contribution is 2.36. The molecule has 33 heavy (non-hydrogen) atoms. The summed E-state index contributed by atoms with van der Waals surface area (Å²) in [4.78, 5) is 29.5. The Kier molecular flexibility index (Phi) is 5.58. The SMILES string of the molecule is Cc1onc(-c2ccccc2Cl)c1C(=O)N1CCC2(CC1)CN(Cc1ccccc1)C(=O)O2. The second kappa shape index (κ2) is 8.56. The predicted octanol–water partition coefficient (Wildman–Crippen LogP) is 4.93. The van der Waals surface area contributed by atoms with E-state index in [4.69, 9.17) is 20.9 Å². The third-order valence-electron chi connectivity index (χ3n) is 6.42. The first-order chi connectivity index (χ1) is 16.0. The lowest BCUT2D eigenvalue weighted by atomic mass is 9.90. The molecule has 2 amide bonds. The summed E-state index contributed by atoms with van der Waals surface area (Å²) in [6.07, 6.45) is 0.873. The standard InChI is InChI=1S/C25H24ClN3O4/c1-17-21(22(27-33-17)19-9-5-6-10-20(19)26)23(30)28-13-11-25(12-14-28)16-29(24(31)32-25)15-18-7-3-2-4-8-18/h2-10H,11-16H2,1H3. The van der Waals surface area contributed by atoms with Crippen LogP contribution in [0.1, 0.15) is 34.5 Å². The van der Waals surface area contributed by atoms with Crippen LogP contribution in [0.5, 0.6) is 0 Å². The van der Waals surface area contributed by atoms with Crippen molar-refractivity contribution in [1.29, 1.82) is 0 Å². The van der Waals surface area contributed by atoms with Crippen molar-refractivity contribution < 1.29 is 18.8 Å². The van der Waals surface area contributed by atoms with Gasteiger partial charge >= 0.3 is 6.09 Å². The number of benzene rings is 2. The minimum atomic E-state index is -0.558. The van der Waals surface area contributed by atoms with Gasteiger partial charge in [0.25, 0.3) is 5.91 Å². The van der Waals surface area contributed by atoms with Crippen molar-refractivity contribution in [3.63, 3.8) is 0 Å². The molecule has 2 aliphatic rings. The highest BCUT2D eigenvalue weighted by molar-refractivity contribution is 6.33. The van der Waals surface area contributed by atoms with Gasteiger partial charge in [0.1, 0.15) is 22.6 Å². The van der Waals surface area contributed by atoms with E-state index in [0.717, 1.165) is 5.56 Å². The zero-order valence-electron chi connectivity index (χ0n) is 18.3. The first kappa shape index (κ1) is 21.5. The minimum Gasteiger partial charge on any atom is -0.441 e. The molecule has 170 valence electrons. The maximum atomic E-state index is 13.4. The molecular formula is C25H24ClN3O4. The van der Waals surface area contributed by atoms with Crippen LogP contribution < -0.4 is 0 Å². The second-order valence-electron chi connectivity index (χ2n) is 8.63. The van der Waals surface area contributed by atoms with E-state index >= 15 is 0 Å². The van der Waals surface area contributed by atoms with Crippen LogP contribution in [-0.4, -0.2) is 52.2 Å². The molecule has 0 unspecified atom stereocenters. The topological polar surface area (TPSA) is 75.9 Å². The number of amides is 2. The average molecular weight is 466 g/mol. The summed E-state index contributed by atoms with van der Waals surface area (Å²) in [5.41, 5.74) is 2.04. The number of likely N-dealkylation sites (tertiary alicyclic amines) is 1. The average Bonchev–Trinajstić information content (AvgIpc) is 3.34. The first-order valence-electron chi connectivity index (χ1n) is 11.0. The number of halogens is 1. The Labute approximate surface area is 196 Å². The van der Waals surface area contributed by atoms with Crippen molar-refractivity contribution in [2.45, 2.75) is 31.9 Å². The zero-order chi connectivity index (χ0) is 23.0. The van der Waals surface area contributed by atoms with E-state index in [1.165, 1.54) is 0 Å². The molecule has 7 nitrogen and oxygen atoms in total. The summed E-state index contributed by atoms with van der Waals surface area (Å²) in [6.45, 7) is 3.74. The Morgan fingerprint density at radius 1 is 1.09 bits per heavy atom. The summed E-state index contributed by atoms with van der Waals surface area (Å²) < 4.78 is 11.2. The normalized spacial score (nSPS) is 17.5. The second-order valence-corrected chi connectivity index (χ2v) is 9.03. The molecule has 2 aliphatic heterocycles. The maximum Gasteiger partial charge on any atom is 0.410 e. The fourth-order valence-electron chi connectivity index (χ4n) is 4.62. The van der Waals surface area contributed by atoms with Gasteiger partial charge in [0, 0.05) is 38.0 Å². The number of carbonyl (C=O) groups excluding carboxylic acids is 2. The molecule has 3 heterocycles. The van der Waals surface area contributed by atoms with Crippen LogP contribution in [0.4, 0.5) is 4.79 Å². The smallest absolute Gasteiger partial charge is 0.410 e. The third kappa shape index (κ3) is 4.09. The number of aryl methyl sites for hydroxylation is 1. The van der Waals surface area contributed by atoms with E-state index in [9.17, 15) is 9.59 Å². The van der Waals surface area contributed by atoms with E-state index < -0.39 is 5.60 Å². The number of hydrogen-bond acceptors (Lipinski definition) is 5. The highest BCUT2D eigenvalue weighted by atomic mass is 35.5. The molecule has 2 aromatic carbocycles. The van der Waals surface area contributed by atoms with Crippen molar-refractivity contribution in [3.05, 3.63) is 76.5 Å². The number of nitrogens with zero attached hydrogens (tertiary/aromatic N) is 3. The van der Waals surface area contributed by atoms with Gasteiger partial charge in [0.15, 0.2) is 0 Å². The van der Waals surface area contributed by atoms with Gasteiger partial charge in [0.05, 0.1) is 11.6 Å². The molecule has 2 fully saturated rings. The molecule has 0 aliphatic carbocycles. The van der Waals surface area contributed by atoms with Gasteiger partial charge in [-0.15, -0.1) is 0 Å². The van der Waals surface area contributed by atoms with E-state index in [0.29, 0.717) is 66.6 Å². The molecule has 3 aromatic rings. The Bertz CT molecular complexity index is 1190. The Morgan fingerprint density at radius 3 is 2.52 bits per heavy atom. The lowest BCUT2D eigenvalue weighted by molar-refractivity contribution is 0.00311. The van der Waals surface area contributed by atoms with Crippen LogP contribution in [-0.2, 0) is 11.3 Å². The molecule has 1 aromatic heterocycles. The molecular weight excluding hydrogens is 442 g/mol. The van der Waals surface area contributed by atoms with Crippen molar-refractivity contribution in [3.8, 4) is 11.3 Å². The third-order valence-corrected chi connectivity index (χ3v) is 6.75. The van der Waals surface area contributed by atoms with Crippen LogP contribution in [0.15, 0.2) is 59.1 Å². The van der Waals surface area contributed by atoms with Crippen molar-refractivity contribution in [2.24, 2.45) is 0 Å². The largest absolute Gasteiger partial charge is 0.441 e. The molecule has 0 radical (unpaired) electrons. The summed E-state index contributed by atoms with van der Waals surface area (Å²) >= 11 is 6.34. The molecule has 0 N–H and O–H groups in total. The Balaban J connectivity index is 1.29. The summed E-state index contributed by atoms with van der Waals surface area (Å²) in [6, 6.07) is 17.1. The Hall–Kier alpha value is -3.32. The number of hydrogen-bond donors (Lipinski definition) is 0. The fourth-order valence-corrected chi connectivity index (χ4v) is 4.84. The van der Waals surface area contributed by atoms with Gasteiger partial charge in [-0.25, -0.2) is 4.79 Å². The summed E-state index contributed by atoms with van der Waals surface area (Å²) in [5, 5.41) is 4.62. The monoisotopic (exact) mass is 465 g/mol.